The molecule has 31 heavy (non-hydrogen) atoms. The van der Waals surface area contributed by atoms with Crippen LogP contribution in [0.25, 0.3) is 0 Å². The number of amides is 3. The summed E-state index contributed by atoms with van der Waals surface area (Å²) in [5, 5.41) is 28.1. The van der Waals surface area contributed by atoms with E-state index in [-0.39, 0.29) is 24.6 Å². The Morgan fingerprint density at radius 1 is 1.13 bits per heavy atom. The van der Waals surface area contributed by atoms with Gasteiger partial charge in [0.2, 0.25) is 5.91 Å². The number of hydrogen-bond acceptors (Lipinski definition) is 7. The molecule has 3 amide bonds. The lowest BCUT2D eigenvalue weighted by Crippen LogP contribution is -2.42. The molecule has 4 atom stereocenters. The van der Waals surface area contributed by atoms with Gasteiger partial charge in [-0.2, -0.15) is 0 Å². The maximum atomic E-state index is 13.2. The maximum Gasteiger partial charge on any atom is 0.319 e. The molecule has 2 saturated heterocycles. The Hall–Kier alpha value is -2.31. The van der Waals surface area contributed by atoms with Crippen molar-refractivity contribution in [2.24, 2.45) is 0 Å². The van der Waals surface area contributed by atoms with Crippen LogP contribution in [0.15, 0.2) is 24.3 Å². The molecular formula is C20H29FN4O6. The number of carbonyl (C=O) groups is 2. The molecule has 172 valence electrons. The highest BCUT2D eigenvalue weighted by Crippen LogP contribution is 2.23. The van der Waals surface area contributed by atoms with Gasteiger partial charge in [0.1, 0.15) is 24.1 Å². The molecule has 2 heterocycles. The van der Waals surface area contributed by atoms with Crippen LogP contribution in [0.2, 0.25) is 0 Å². The lowest BCUT2D eigenvalue weighted by Gasteiger charge is -2.26. The number of anilines is 1. The Bertz CT molecular complexity index is 748. The minimum Gasteiger partial charge on any atom is -0.388 e. The molecule has 0 radical (unpaired) electrons. The standard InChI is InChI=1S/C20H29FN4O6/c21-13-2-1-3-14(10-13)24-20(29)23-12-16-19(28)18(27)15(31-16)11-17(26)22-4-5-25-6-8-30-9-7-25/h1-3,10,15-16,18-19,27-28H,4-9,11-12H2,(H,22,26)(H2,23,24,29)/t15-,16-,18-,19+/m0/s1. The van der Waals surface area contributed by atoms with E-state index >= 15 is 0 Å². The number of carbonyl (C=O) groups excluding carboxylic acids is 2. The van der Waals surface area contributed by atoms with Crippen LogP contribution in [0, 0.1) is 5.82 Å². The van der Waals surface area contributed by atoms with Crippen molar-refractivity contribution in [3.05, 3.63) is 30.1 Å². The summed E-state index contributed by atoms with van der Waals surface area (Å²) in [4.78, 5) is 26.3. The molecule has 3 rings (SSSR count). The fourth-order valence-electron chi connectivity index (χ4n) is 3.53. The number of nitrogens with one attached hydrogen (secondary N) is 3. The zero-order chi connectivity index (χ0) is 22.2. The fourth-order valence-corrected chi connectivity index (χ4v) is 3.53. The van der Waals surface area contributed by atoms with Gasteiger partial charge in [-0.25, -0.2) is 9.18 Å². The SMILES string of the molecule is O=C(C[C@@H]1O[C@@H](CNC(=O)Nc2cccc(F)c2)[C@@H](O)[C@H]1O)NCCN1CCOCC1. The normalized spacial score (nSPS) is 26.4. The van der Waals surface area contributed by atoms with Crippen LogP contribution in [0.1, 0.15) is 6.42 Å². The molecule has 0 spiro atoms. The van der Waals surface area contributed by atoms with Crippen molar-refractivity contribution in [3.63, 3.8) is 0 Å². The molecular weight excluding hydrogens is 411 g/mol. The average molecular weight is 440 g/mol. The number of hydrogen-bond donors (Lipinski definition) is 5. The minimum absolute atomic E-state index is 0.0888. The monoisotopic (exact) mass is 440 g/mol. The molecule has 0 aliphatic carbocycles. The molecule has 2 aliphatic heterocycles. The van der Waals surface area contributed by atoms with E-state index in [0.717, 1.165) is 19.2 Å². The second-order valence-corrected chi connectivity index (χ2v) is 7.55. The summed E-state index contributed by atoms with van der Waals surface area (Å²) < 4.78 is 24.0. The first-order valence-corrected chi connectivity index (χ1v) is 10.3. The summed E-state index contributed by atoms with van der Waals surface area (Å²) in [6.45, 7) is 4.11. The molecule has 0 bridgehead atoms. The number of morpholine rings is 1. The van der Waals surface area contributed by atoms with Crippen molar-refractivity contribution < 1.29 is 33.7 Å². The summed E-state index contributed by atoms with van der Waals surface area (Å²) in [5.41, 5.74) is 0.275. The van der Waals surface area contributed by atoms with Gasteiger partial charge in [0.05, 0.1) is 25.7 Å². The molecule has 1 aromatic carbocycles. The zero-order valence-corrected chi connectivity index (χ0v) is 17.1. The van der Waals surface area contributed by atoms with E-state index < -0.39 is 36.3 Å². The van der Waals surface area contributed by atoms with E-state index in [1.807, 2.05) is 0 Å². The first-order chi connectivity index (χ1) is 14.9. The van der Waals surface area contributed by atoms with Crippen LogP contribution in [0.4, 0.5) is 14.9 Å². The summed E-state index contributed by atoms with van der Waals surface area (Å²) in [7, 11) is 0. The molecule has 11 heteroatoms. The molecule has 0 unspecified atom stereocenters. The summed E-state index contributed by atoms with van der Waals surface area (Å²) in [6, 6.07) is 4.80. The molecule has 1 aromatic rings. The van der Waals surface area contributed by atoms with Crippen molar-refractivity contribution >= 4 is 17.6 Å². The first-order valence-electron chi connectivity index (χ1n) is 10.3. The predicted molar refractivity (Wildman–Crippen MR) is 109 cm³/mol. The van der Waals surface area contributed by atoms with Gasteiger partial charge in [0.15, 0.2) is 0 Å². The highest BCUT2D eigenvalue weighted by Gasteiger charge is 2.43. The van der Waals surface area contributed by atoms with Gasteiger partial charge in [0.25, 0.3) is 0 Å². The third kappa shape index (κ3) is 7.11. The van der Waals surface area contributed by atoms with Crippen molar-refractivity contribution in [2.45, 2.75) is 30.8 Å². The topological polar surface area (TPSA) is 132 Å². The molecule has 2 aliphatic rings. The van der Waals surface area contributed by atoms with Gasteiger partial charge >= 0.3 is 6.03 Å². The van der Waals surface area contributed by atoms with Gasteiger partial charge in [-0.05, 0) is 18.2 Å². The van der Waals surface area contributed by atoms with Crippen molar-refractivity contribution in [2.75, 3.05) is 51.3 Å². The van der Waals surface area contributed by atoms with Gasteiger partial charge < -0.3 is 35.6 Å². The second-order valence-electron chi connectivity index (χ2n) is 7.55. The van der Waals surface area contributed by atoms with Crippen LogP contribution in [-0.4, -0.2) is 97.4 Å². The van der Waals surface area contributed by atoms with E-state index in [0.29, 0.717) is 26.3 Å². The van der Waals surface area contributed by atoms with Crippen LogP contribution < -0.4 is 16.0 Å². The van der Waals surface area contributed by atoms with Crippen molar-refractivity contribution in [3.8, 4) is 0 Å². The average Bonchev–Trinajstić information content (AvgIpc) is 3.01. The fraction of sp³-hybridized carbons (Fsp3) is 0.600. The maximum absolute atomic E-state index is 13.2. The van der Waals surface area contributed by atoms with E-state index in [1.54, 1.807) is 0 Å². The summed E-state index contributed by atoms with van der Waals surface area (Å²) in [5.74, 6) is -0.775. The van der Waals surface area contributed by atoms with E-state index in [1.165, 1.54) is 18.2 Å². The van der Waals surface area contributed by atoms with Gasteiger partial charge in [-0.15, -0.1) is 0 Å². The number of halogens is 1. The Balaban J connectivity index is 1.37. The lowest BCUT2D eigenvalue weighted by molar-refractivity contribution is -0.125. The van der Waals surface area contributed by atoms with Crippen LogP contribution >= 0.6 is 0 Å². The second kappa shape index (κ2) is 11.3. The van der Waals surface area contributed by atoms with Crippen LogP contribution in [0.3, 0.4) is 0 Å². The number of urea groups is 1. The minimum atomic E-state index is -1.25. The quantitative estimate of drug-likeness (QED) is 0.360. The molecule has 10 nitrogen and oxygen atoms in total. The van der Waals surface area contributed by atoms with Crippen LogP contribution in [0.5, 0.6) is 0 Å². The number of aliphatic hydroxyl groups excluding tert-OH is 2. The lowest BCUT2D eigenvalue weighted by atomic mass is 10.1. The third-order valence-electron chi connectivity index (χ3n) is 5.25. The number of rotatable bonds is 8. The number of benzene rings is 1. The van der Waals surface area contributed by atoms with E-state index in [9.17, 15) is 24.2 Å². The zero-order valence-electron chi connectivity index (χ0n) is 17.1. The van der Waals surface area contributed by atoms with Gasteiger partial charge in [-0.1, -0.05) is 6.07 Å². The highest BCUT2D eigenvalue weighted by molar-refractivity contribution is 5.89. The third-order valence-corrected chi connectivity index (χ3v) is 5.25. The summed E-state index contributed by atoms with van der Waals surface area (Å²) in [6.07, 6.45) is -4.35. The van der Waals surface area contributed by atoms with Crippen molar-refractivity contribution in [1.82, 2.24) is 15.5 Å². The summed E-state index contributed by atoms with van der Waals surface area (Å²) >= 11 is 0. The van der Waals surface area contributed by atoms with Gasteiger partial charge in [0, 0.05) is 38.4 Å². The van der Waals surface area contributed by atoms with Crippen LogP contribution in [-0.2, 0) is 14.3 Å². The largest absolute Gasteiger partial charge is 0.388 e. The molecule has 0 aromatic heterocycles. The molecule has 0 saturated carbocycles. The highest BCUT2D eigenvalue weighted by atomic mass is 19.1. The predicted octanol–water partition coefficient (Wildman–Crippen LogP) is -0.725. The number of ether oxygens (including phenoxy) is 2. The smallest absolute Gasteiger partial charge is 0.319 e. The van der Waals surface area contributed by atoms with Crippen molar-refractivity contribution in [1.29, 1.82) is 0 Å². The number of nitrogens with zero attached hydrogens (tertiary/aromatic N) is 1. The van der Waals surface area contributed by atoms with Gasteiger partial charge in [-0.3, -0.25) is 9.69 Å². The molecule has 5 N–H and O–H groups in total. The van der Waals surface area contributed by atoms with E-state index in [2.05, 4.69) is 20.9 Å². The Labute approximate surface area is 179 Å². The Kier molecular flexibility index (Phi) is 8.55. The van der Waals surface area contributed by atoms with E-state index in [4.69, 9.17) is 9.47 Å². The number of aliphatic hydroxyl groups is 2. The Morgan fingerprint density at radius 3 is 2.61 bits per heavy atom. The molecule has 2 fully saturated rings. The Morgan fingerprint density at radius 2 is 1.87 bits per heavy atom. The first kappa shape index (κ1) is 23.4.